The molecule has 0 fully saturated rings. The van der Waals surface area contributed by atoms with E-state index in [1.807, 2.05) is 0 Å². The summed E-state index contributed by atoms with van der Waals surface area (Å²) in [7, 11) is 1.70. The van der Waals surface area contributed by atoms with Gasteiger partial charge in [0, 0.05) is 19.6 Å². The molecule has 0 aromatic carbocycles. The van der Waals surface area contributed by atoms with Crippen LogP contribution in [0.5, 0.6) is 0 Å². The Morgan fingerprint density at radius 3 is 2.12 bits per heavy atom. The van der Waals surface area contributed by atoms with E-state index in [0.29, 0.717) is 19.4 Å². The molecule has 0 aromatic heterocycles. The van der Waals surface area contributed by atoms with Crippen LogP contribution in [0.1, 0.15) is 32.6 Å². The van der Waals surface area contributed by atoms with Gasteiger partial charge in [-0.2, -0.15) is 18.4 Å². The molecule has 0 amide bonds. The predicted molar refractivity (Wildman–Crippen MR) is 58.4 cm³/mol. The van der Waals surface area contributed by atoms with Crippen molar-refractivity contribution in [2.45, 2.75) is 44.3 Å². The van der Waals surface area contributed by atoms with Gasteiger partial charge in [-0.1, -0.05) is 0 Å². The van der Waals surface area contributed by atoms with Crippen molar-refractivity contribution in [3.8, 4) is 6.07 Å². The first-order chi connectivity index (χ1) is 7.83. The molecule has 0 aliphatic carbocycles. The Bertz CT molecular complexity index is 250. The number of hydrogen-bond donors (Lipinski definition) is 1. The molecule has 0 spiro atoms. The third-order valence-electron chi connectivity index (χ3n) is 2.51. The van der Waals surface area contributed by atoms with Crippen LogP contribution in [0.2, 0.25) is 0 Å². The Morgan fingerprint density at radius 2 is 1.71 bits per heavy atom. The highest BCUT2D eigenvalue weighted by Gasteiger charge is 2.26. The quantitative estimate of drug-likeness (QED) is 0.675. The summed E-state index contributed by atoms with van der Waals surface area (Å²) in [4.78, 5) is 0. The molecule has 0 aliphatic heterocycles. The first-order valence-corrected chi connectivity index (χ1v) is 5.58. The predicted octanol–water partition coefficient (Wildman–Crippen LogP) is 2.63. The molecule has 100 valence electrons. The summed E-state index contributed by atoms with van der Waals surface area (Å²) in [5, 5.41) is 11.7. The van der Waals surface area contributed by atoms with Crippen LogP contribution in [-0.2, 0) is 4.74 Å². The summed E-state index contributed by atoms with van der Waals surface area (Å²) < 4.78 is 40.4. The second kappa shape index (κ2) is 7.51. The van der Waals surface area contributed by atoms with Gasteiger partial charge in [-0.05, 0) is 33.2 Å². The van der Waals surface area contributed by atoms with Gasteiger partial charge < -0.3 is 10.1 Å². The summed E-state index contributed by atoms with van der Waals surface area (Å²) >= 11 is 0. The maximum atomic E-state index is 11.8. The molecule has 1 N–H and O–H groups in total. The molecule has 1 unspecified atom stereocenters. The largest absolute Gasteiger partial charge is 0.389 e. The lowest BCUT2D eigenvalue weighted by Gasteiger charge is -2.20. The van der Waals surface area contributed by atoms with Crippen molar-refractivity contribution >= 4 is 0 Å². The highest BCUT2D eigenvalue weighted by molar-refractivity contribution is 5.02. The Labute approximate surface area is 99.9 Å². The fourth-order valence-corrected chi connectivity index (χ4v) is 1.24. The minimum absolute atomic E-state index is 0.00888. The molecule has 0 heterocycles. The van der Waals surface area contributed by atoms with E-state index in [4.69, 9.17) is 10.00 Å². The Morgan fingerprint density at radius 1 is 1.18 bits per heavy atom. The summed E-state index contributed by atoms with van der Waals surface area (Å²) in [6.45, 7) is 2.27. The van der Waals surface area contributed by atoms with Crippen molar-refractivity contribution in [1.29, 1.82) is 5.26 Å². The van der Waals surface area contributed by atoms with Crippen LogP contribution in [0.25, 0.3) is 0 Å². The van der Waals surface area contributed by atoms with Crippen LogP contribution < -0.4 is 5.32 Å². The van der Waals surface area contributed by atoms with Gasteiger partial charge in [-0.25, -0.2) is 0 Å². The van der Waals surface area contributed by atoms with Gasteiger partial charge in [-0.15, -0.1) is 0 Å². The van der Waals surface area contributed by atoms with Gasteiger partial charge >= 0.3 is 6.18 Å². The lowest BCUT2D eigenvalue weighted by atomic mass is 9.98. The molecule has 0 bridgehead atoms. The molecule has 0 aliphatic rings. The fourth-order valence-electron chi connectivity index (χ4n) is 1.24. The zero-order valence-electron chi connectivity index (χ0n) is 10.2. The smallest absolute Gasteiger partial charge is 0.381 e. The number of alkyl halides is 3. The summed E-state index contributed by atoms with van der Waals surface area (Å²) in [5.74, 6) is 0. The van der Waals surface area contributed by atoms with Crippen LogP contribution in [0.4, 0.5) is 13.2 Å². The van der Waals surface area contributed by atoms with Gasteiger partial charge in [0.2, 0.25) is 0 Å². The molecule has 17 heavy (non-hydrogen) atoms. The molecule has 3 nitrogen and oxygen atoms in total. The Balaban J connectivity index is 3.45. The standard InChI is InChI=1S/C11H19F3N2O/c1-10(9-15,16-2)5-3-7-17-8-4-6-11(12,13)14/h16H,3-8H2,1-2H3. The second-order valence-electron chi connectivity index (χ2n) is 4.13. The average Bonchev–Trinajstić information content (AvgIpc) is 2.26. The molecule has 1 atom stereocenters. The van der Waals surface area contributed by atoms with Gasteiger partial charge in [-0.3, -0.25) is 0 Å². The summed E-state index contributed by atoms with van der Waals surface area (Å²) in [6.07, 6.45) is -3.66. The monoisotopic (exact) mass is 252 g/mol. The van der Waals surface area contributed by atoms with Crippen molar-refractivity contribution in [3.63, 3.8) is 0 Å². The normalized spacial score (nSPS) is 15.3. The van der Waals surface area contributed by atoms with E-state index in [2.05, 4.69) is 11.4 Å². The second-order valence-corrected chi connectivity index (χ2v) is 4.13. The van der Waals surface area contributed by atoms with Crippen molar-refractivity contribution in [1.82, 2.24) is 5.32 Å². The minimum atomic E-state index is -4.10. The van der Waals surface area contributed by atoms with Gasteiger partial charge in [0.15, 0.2) is 0 Å². The number of rotatable bonds is 8. The first-order valence-electron chi connectivity index (χ1n) is 5.58. The van der Waals surface area contributed by atoms with Crippen molar-refractivity contribution in [2.75, 3.05) is 20.3 Å². The Kier molecular flexibility index (Phi) is 7.16. The highest BCUT2D eigenvalue weighted by atomic mass is 19.4. The van der Waals surface area contributed by atoms with E-state index in [9.17, 15) is 13.2 Å². The van der Waals surface area contributed by atoms with E-state index in [1.54, 1.807) is 14.0 Å². The summed E-state index contributed by atoms with van der Waals surface area (Å²) in [5.41, 5.74) is -0.588. The molecule has 0 saturated heterocycles. The maximum absolute atomic E-state index is 11.8. The van der Waals surface area contributed by atoms with E-state index in [1.165, 1.54) is 0 Å². The van der Waals surface area contributed by atoms with Crippen molar-refractivity contribution in [3.05, 3.63) is 0 Å². The molecular formula is C11H19F3N2O. The van der Waals surface area contributed by atoms with Crippen LogP contribution in [-0.4, -0.2) is 32.0 Å². The molecule has 6 heteroatoms. The Hall–Kier alpha value is -0.800. The van der Waals surface area contributed by atoms with Crippen LogP contribution in [0.3, 0.4) is 0 Å². The first kappa shape index (κ1) is 16.2. The number of nitrogens with one attached hydrogen (secondary N) is 1. The average molecular weight is 252 g/mol. The summed E-state index contributed by atoms with van der Waals surface area (Å²) in [6, 6.07) is 2.13. The third-order valence-corrected chi connectivity index (χ3v) is 2.51. The van der Waals surface area contributed by atoms with Crippen molar-refractivity contribution in [2.24, 2.45) is 0 Å². The molecular weight excluding hydrogens is 233 g/mol. The van der Waals surface area contributed by atoms with E-state index < -0.39 is 18.1 Å². The number of halogens is 3. The third kappa shape index (κ3) is 8.95. The number of ether oxygens (including phenoxy) is 1. The van der Waals surface area contributed by atoms with E-state index in [0.717, 1.165) is 0 Å². The van der Waals surface area contributed by atoms with Gasteiger partial charge in [0.05, 0.1) is 6.07 Å². The fraction of sp³-hybridized carbons (Fsp3) is 0.909. The SMILES string of the molecule is CNC(C)(C#N)CCCOCCCC(F)(F)F. The highest BCUT2D eigenvalue weighted by Crippen LogP contribution is 2.21. The lowest BCUT2D eigenvalue weighted by molar-refractivity contribution is -0.137. The molecule has 0 radical (unpaired) electrons. The molecule has 0 aromatic rings. The zero-order valence-corrected chi connectivity index (χ0v) is 10.2. The van der Waals surface area contributed by atoms with Crippen molar-refractivity contribution < 1.29 is 17.9 Å². The number of hydrogen-bond acceptors (Lipinski definition) is 3. The van der Waals surface area contributed by atoms with Crippen LogP contribution in [0, 0.1) is 11.3 Å². The number of nitrogens with zero attached hydrogens (tertiary/aromatic N) is 1. The minimum Gasteiger partial charge on any atom is -0.381 e. The van der Waals surface area contributed by atoms with Crippen LogP contribution in [0.15, 0.2) is 0 Å². The molecule has 0 saturated carbocycles. The zero-order chi connectivity index (χ0) is 13.4. The van der Waals surface area contributed by atoms with Crippen LogP contribution >= 0.6 is 0 Å². The lowest BCUT2D eigenvalue weighted by Crippen LogP contribution is -2.38. The van der Waals surface area contributed by atoms with E-state index in [-0.39, 0.29) is 13.0 Å². The number of nitriles is 1. The maximum Gasteiger partial charge on any atom is 0.389 e. The molecule has 0 rings (SSSR count). The topological polar surface area (TPSA) is 45.0 Å². The van der Waals surface area contributed by atoms with Gasteiger partial charge in [0.25, 0.3) is 0 Å². The van der Waals surface area contributed by atoms with E-state index >= 15 is 0 Å². The van der Waals surface area contributed by atoms with Gasteiger partial charge in [0.1, 0.15) is 5.54 Å².